The number of guanidine groups is 1. The van der Waals surface area contributed by atoms with Crippen molar-refractivity contribution in [2.45, 2.75) is 26.3 Å². The van der Waals surface area contributed by atoms with Gasteiger partial charge in [-0.15, -0.1) is 0 Å². The van der Waals surface area contributed by atoms with Gasteiger partial charge in [0.1, 0.15) is 5.75 Å². The monoisotopic (exact) mass is 318 g/mol. The Morgan fingerprint density at radius 3 is 3.00 bits per heavy atom. The van der Waals surface area contributed by atoms with Crippen molar-refractivity contribution in [1.29, 1.82) is 0 Å². The first-order valence-corrected chi connectivity index (χ1v) is 8.55. The SMILES string of the molecule is CCNC(=NCc1cccc(OC)c1)NCC1CCCN(C)C1. The van der Waals surface area contributed by atoms with Crippen LogP contribution >= 0.6 is 0 Å². The average Bonchev–Trinajstić information content (AvgIpc) is 2.57. The average molecular weight is 318 g/mol. The van der Waals surface area contributed by atoms with Crippen molar-refractivity contribution >= 4 is 5.96 Å². The van der Waals surface area contributed by atoms with Gasteiger partial charge in [0.25, 0.3) is 0 Å². The Balaban J connectivity index is 1.88. The number of piperidine rings is 1. The topological polar surface area (TPSA) is 48.9 Å². The van der Waals surface area contributed by atoms with Gasteiger partial charge in [0.15, 0.2) is 5.96 Å². The molecule has 1 aliphatic heterocycles. The smallest absolute Gasteiger partial charge is 0.191 e. The molecule has 1 aromatic rings. The molecule has 0 radical (unpaired) electrons. The number of hydrogen-bond acceptors (Lipinski definition) is 3. The Morgan fingerprint density at radius 1 is 1.39 bits per heavy atom. The highest BCUT2D eigenvalue weighted by molar-refractivity contribution is 5.79. The van der Waals surface area contributed by atoms with Gasteiger partial charge in [-0.25, -0.2) is 4.99 Å². The van der Waals surface area contributed by atoms with Gasteiger partial charge in [-0.1, -0.05) is 12.1 Å². The van der Waals surface area contributed by atoms with Crippen molar-refractivity contribution in [3.8, 4) is 5.75 Å². The molecule has 1 unspecified atom stereocenters. The highest BCUT2D eigenvalue weighted by Crippen LogP contribution is 2.14. The van der Waals surface area contributed by atoms with Gasteiger partial charge in [-0.05, 0) is 57.0 Å². The molecule has 1 atom stereocenters. The fourth-order valence-electron chi connectivity index (χ4n) is 2.96. The summed E-state index contributed by atoms with van der Waals surface area (Å²) in [5, 5.41) is 6.82. The maximum absolute atomic E-state index is 5.26. The normalized spacial score (nSPS) is 19.4. The lowest BCUT2D eigenvalue weighted by Crippen LogP contribution is -2.43. The van der Waals surface area contributed by atoms with Crippen LogP contribution in [0.4, 0.5) is 0 Å². The van der Waals surface area contributed by atoms with Crippen LogP contribution in [0.3, 0.4) is 0 Å². The summed E-state index contributed by atoms with van der Waals surface area (Å²) in [7, 11) is 3.89. The number of nitrogens with zero attached hydrogens (tertiary/aromatic N) is 2. The number of ether oxygens (including phenoxy) is 1. The van der Waals surface area contributed by atoms with E-state index in [4.69, 9.17) is 4.74 Å². The Morgan fingerprint density at radius 2 is 2.26 bits per heavy atom. The fraction of sp³-hybridized carbons (Fsp3) is 0.611. The Kier molecular flexibility index (Phi) is 7.20. The lowest BCUT2D eigenvalue weighted by Gasteiger charge is -2.30. The lowest BCUT2D eigenvalue weighted by molar-refractivity contribution is 0.210. The zero-order valence-corrected chi connectivity index (χ0v) is 14.6. The second kappa shape index (κ2) is 9.40. The van der Waals surface area contributed by atoms with Gasteiger partial charge in [-0.3, -0.25) is 0 Å². The minimum Gasteiger partial charge on any atom is -0.497 e. The van der Waals surface area contributed by atoms with Gasteiger partial charge < -0.3 is 20.3 Å². The largest absolute Gasteiger partial charge is 0.497 e. The molecule has 1 heterocycles. The maximum atomic E-state index is 5.26. The molecule has 0 saturated carbocycles. The molecule has 0 aliphatic carbocycles. The highest BCUT2D eigenvalue weighted by atomic mass is 16.5. The van der Waals surface area contributed by atoms with Crippen LogP contribution in [-0.2, 0) is 6.54 Å². The molecule has 2 N–H and O–H groups in total. The third-order valence-electron chi connectivity index (χ3n) is 4.18. The van der Waals surface area contributed by atoms with E-state index in [9.17, 15) is 0 Å². The zero-order chi connectivity index (χ0) is 16.5. The molecule has 2 rings (SSSR count). The quantitative estimate of drug-likeness (QED) is 0.623. The van der Waals surface area contributed by atoms with Gasteiger partial charge in [0, 0.05) is 19.6 Å². The molecule has 0 bridgehead atoms. The van der Waals surface area contributed by atoms with Crippen LogP contribution in [0.5, 0.6) is 5.75 Å². The van der Waals surface area contributed by atoms with Crippen molar-refractivity contribution in [2.75, 3.05) is 40.3 Å². The van der Waals surface area contributed by atoms with E-state index in [1.165, 1.54) is 25.9 Å². The first-order chi connectivity index (χ1) is 11.2. The number of methoxy groups -OCH3 is 1. The molecule has 5 nitrogen and oxygen atoms in total. The summed E-state index contributed by atoms with van der Waals surface area (Å²) in [6.45, 7) is 6.99. The second-order valence-electron chi connectivity index (χ2n) is 6.20. The first kappa shape index (κ1) is 17.6. The molecule has 1 aromatic carbocycles. The minimum absolute atomic E-state index is 0.650. The molecule has 1 saturated heterocycles. The molecule has 23 heavy (non-hydrogen) atoms. The Hall–Kier alpha value is -1.75. The van der Waals surface area contributed by atoms with E-state index in [-0.39, 0.29) is 0 Å². The predicted molar refractivity (Wildman–Crippen MR) is 96.0 cm³/mol. The number of rotatable bonds is 6. The zero-order valence-electron chi connectivity index (χ0n) is 14.6. The molecule has 1 aliphatic rings. The van der Waals surface area contributed by atoms with Crippen molar-refractivity contribution in [3.63, 3.8) is 0 Å². The summed E-state index contributed by atoms with van der Waals surface area (Å²) >= 11 is 0. The fourth-order valence-corrected chi connectivity index (χ4v) is 2.96. The molecular formula is C18H30N4O. The van der Waals surface area contributed by atoms with E-state index < -0.39 is 0 Å². The molecule has 1 fully saturated rings. The van der Waals surface area contributed by atoms with Crippen LogP contribution in [0.1, 0.15) is 25.3 Å². The van der Waals surface area contributed by atoms with Crippen LogP contribution in [0.25, 0.3) is 0 Å². The van der Waals surface area contributed by atoms with Gasteiger partial charge >= 0.3 is 0 Å². The lowest BCUT2D eigenvalue weighted by atomic mass is 9.99. The van der Waals surface area contributed by atoms with Crippen molar-refractivity contribution in [1.82, 2.24) is 15.5 Å². The van der Waals surface area contributed by atoms with Gasteiger partial charge in [-0.2, -0.15) is 0 Å². The molecule has 128 valence electrons. The molecular weight excluding hydrogens is 288 g/mol. The first-order valence-electron chi connectivity index (χ1n) is 8.55. The molecule has 0 amide bonds. The van der Waals surface area contributed by atoms with Crippen LogP contribution in [-0.4, -0.2) is 51.2 Å². The Bertz CT molecular complexity index is 504. The summed E-state index contributed by atoms with van der Waals surface area (Å²) in [5.41, 5.74) is 1.15. The number of aliphatic imine (C=N–C) groups is 1. The standard InChI is InChI=1S/C18H30N4O/c1-4-19-18(21-13-16-8-6-10-22(2)14-16)20-12-15-7-5-9-17(11-15)23-3/h5,7,9,11,16H,4,6,8,10,12-14H2,1-3H3,(H2,19,20,21). The van der Waals surface area contributed by atoms with Crippen LogP contribution < -0.4 is 15.4 Å². The number of nitrogens with one attached hydrogen (secondary N) is 2. The third-order valence-corrected chi connectivity index (χ3v) is 4.18. The summed E-state index contributed by atoms with van der Waals surface area (Å²) in [6, 6.07) is 8.06. The van der Waals surface area contributed by atoms with Gasteiger partial charge in [0.2, 0.25) is 0 Å². The van der Waals surface area contributed by atoms with E-state index in [1.54, 1.807) is 7.11 Å². The summed E-state index contributed by atoms with van der Waals surface area (Å²) in [4.78, 5) is 7.10. The number of likely N-dealkylation sites (tertiary alicyclic amines) is 1. The van der Waals surface area contributed by atoms with E-state index >= 15 is 0 Å². The Labute approximate surface area is 140 Å². The summed E-state index contributed by atoms with van der Waals surface area (Å²) in [6.07, 6.45) is 2.59. The molecule has 5 heteroatoms. The predicted octanol–water partition coefficient (Wildman–Crippen LogP) is 2.09. The highest BCUT2D eigenvalue weighted by Gasteiger charge is 2.17. The molecule has 0 spiro atoms. The van der Waals surface area contributed by atoms with Crippen LogP contribution in [0.2, 0.25) is 0 Å². The van der Waals surface area contributed by atoms with Crippen LogP contribution in [0, 0.1) is 5.92 Å². The van der Waals surface area contributed by atoms with E-state index in [0.29, 0.717) is 12.5 Å². The van der Waals surface area contributed by atoms with Crippen molar-refractivity contribution in [3.05, 3.63) is 29.8 Å². The van der Waals surface area contributed by atoms with Crippen molar-refractivity contribution < 1.29 is 4.74 Å². The van der Waals surface area contributed by atoms with E-state index in [2.05, 4.69) is 40.6 Å². The summed E-state index contributed by atoms with van der Waals surface area (Å²) in [5.74, 6) is 2.47. The second-order valence-corrected chi connectivity index (χ2v) is 6.20. The number of benzene rings is 1. The van der Waals surface area contributed by atoms with E-state index in [0.717, 1.165) is 30.4 Å². The van der Waals surface area contributed by atoms with Crippen molar-refractivity contribution in [2.24, 2.45) is 10.9 Å². The maximum Gasteiger partial charge on any atom is 0.191 e. The number of hydrogen-bond donors (Lipinski definition) is 2. The van der Waals surface area contributed by atoms with Crippen LogP contribution in [0.15, 0.2) is 29.3 Å². The third kappa shape index (κ3) is 6.10. The summed E-state index contributed by atoms with van der Waals surface area (Å²) < 4.78 is 5.26. The van der Waals surface area contributed by atoms with Gasteiger partial charge in [0.05, 0.1) is 13.7 Å². The minimum atomic E-state index is 0.650. The van der Waals surface area contributed by atoms with E-state index in [1.807, 2.05) is 18.2 Å². The molecule has 0 aromatic heterocycles.